The minimum absolute atomic E-state index is 0.229. The average Bonchev–Trinajstić information content (AvgIpc) is 3.38. The van der Waals surface area contributed by atoms with Crippen molar-refractivity contribution in [3.63, 3.8) is 0 Å². The molecule has 1 amide bonds. The quantitative estimate of drug-likeness (QED) is 0.480. The van der Waals surface area contributed by atoms with Crippen LogP contribution in [-0.2, 0) is 22.6 Å². The van der Waals surface area contributed by atoms with Crippen LogP contribution in [0.3, 0.4) is 0 Å². The number of aliphatic imine (C=N–C) groups is 1. The van der Waals surface area contributed by atoms with Crippen molar-refractivity contribution in [2.75, 3.05) is 13.6 Å². The van der Waals surface area contributed by atoms with Crippen molar-refractivity contribution in [3.05, 3.63) is 35.4 Å². The van der Waals surface area contributed by atoms with E-state index in [9.17, 15) is 4.79 Å². The number of carbonyl (C=O) groups excluding carboxylic acids is 1. The minimum atomic E-state index is 0.229. The molecular formula is C20H28N4O2. The van der Waals surface area contributed by atoms with Gasteiger partial charge in [-0.15, -0.1) is 0 Å². The topological polar surface area (TPSA) is 66.0 Å². The molecule has 3 atom stereocenters. The standard InChI is InChI=1S/C20H28N4O2/c1-21-20(23-17-11-16-8-9-18(17)26-16)22-10-4-7-19(25)24-12-14-5-2-3-6-15(14)13-24/h2-3,5-6,16-18H,4,7-13H2,1H3,(H2,21,22,23). The highest BCUT2D eigenvalue weighted by Crippen LogP contribution is 2.34. The lowest BCUT2D eigenvalue weighted by Gasteiger charge is -2.22. The Bertz CT molecular complexity index is 665. The minimum Gasteiger partial charge on any atom is -0.373 e. The predicted octanol–water partition coefficient (Wildman–Crippen LogP) is 1.79. The summed E-state index contributed by atoms with van der Waals surface area (Å²) in [5.41, 5.74) is 2.55. The van der Waals surface area contributed by atoms with E-state index in [4.69, 9.17) is 4.74 Å². The van der Waals surface area contributed by atoms with Crippen molar-refractivity contribution in [1.29, 1.82) is 0 Å². The first-order valence-electron chi connectivity index (χ1n) is 9.70. The lowest BCUT2D eigenvalue weighted by Crippen LogP contribution is -2.47. The first kappa shape index (κ1) is 17.3. The summed E-state index contributed by atoms with van der Waals surface area (Å²) in [5, 5.41) is 6.80. The molecule has 2 bridgehead atoms. The number of rotatable bonds is 5. The van der Waals surface area contributed by atoms with Crippen LogP contribution in [0.25, 0.3) is 0 Å². The summed E-state index contributed by atoms with van der Waals surface area (Å²) in [6, 6.07) is 8.66. The Kier molecular flexibility index (Phi) is 5.11. The van der Waals surface area contributed by atoms with Gasteiger partial charge in [-0.05, 0) is 36.8 Å². The number of amides is 1. The van der Waals surface area contributed by atoms with Crippen LogP contribution in [0.2, 0.25) is 0 Å². The molecule has 3 aliphatic heterocycles. The molecule has 3 heterocycles. The maximum atomic E-state index is 12.4. The third kappa shape index (κ3) is 3.70. The number of nitrogens with zero attached hydrogens (tertiary/aromatic N) is 2. The van der Waals surface area contributed by atoms with Gasteiger partial charge in [-0.3, -0.25) is 9.79 Å². The second kappa shape index (κ2) is 7.66. The normalized spacial score (nSPS) is 26.9. The van der Waals surface area contributed by atoms with Gasteiger partial charge in [-0.1, -0.05) is 24.3 Å². The Hall–Kier alpha value is -2.08. The van der Waals surface area contributed by atoms with Crippen molar-refractivity contribution >= 4 is 11.9 Å². The molecule has 3 unspecified atom stereocenters. The largest absolute Gasteiger partial charge is 0.373 e. The van der Waals surface area contributed by atoms with Crippen LogP contribution in [0.15, 0.2) is 29.3 Å². The first-order valence-corrected chi connectivity index (χ1v) is 9.70. The summed E-state index contributed by atoms with van der Waals surface area (Å²) in [4.78, 5) is 18.7. The van der Waals surface area contributed by atoms with Crippen LogP contribution < -0.4 is 10.6 Å². The van der Waals surface area contributed by atoms with Gasteiger partial charge in [0.1, 0.15) is 0 Å². The highest BCUT2D eigenvalue weighted by molar-refractivity contribution is 5.80. The molecule has 0 spiro atoms. The van der Waals surface area contributed by atoms with Crippen LogP contribution in [0.4, 0.5) is 0 Å². The molecule has 1 aromatic rings. The number of benzene rings is 1. The Morgan fingerprint density at radius 3 is 2.65 bits per heavy atom. The smallest absolute Gasteiger partial charge is 0.223 e. The van der Waals surface area contributed by atoms with E-state index in [-0.39, 0.29) is 5.91 Å². The zero-order valence-electron chi connectivity index (χ0n) is 15.4. The molecule has 0 aromatic heterocycles. The number of hydrogen-bond donors (Lipinski definition) is 2. The second-order valence-corrected chi connectivity index (χ2v) is 7.48. The number of nitrogens with one attached hydrogen (secondary N) is 2. The van der Waals surface area contributed by atoms with E-state index in [1.807, 2.05) is 17.0 Å². The van der Waals surface area contributed by atoms with Gasteiger partial charge in [0.15, 0.2) is 5.96 Å². The Morgan fingerprint density at radius 2 is 2.04 bits per heavy atom. The van der Waals surface area contributed by atoms with Gasteiger partial charge in [-0.2, -0.15) is 0 Å². The molecule has 1 aromatic carbocycles. The summed E-state index contributed by atoms with van der Waals surface area (Å²) >= 11 is 0. The SMILES string of the molecule is CN=C(NCCCC(=O)N1Cc2ccccc2C1)NC1CC2CCC1O2. The van der Waals surface area contributed by atoms with Crippen LogP contribution in [-0.4, -0.2) is 48.6 Å². The van der Waals surface area contributed by atoms with Crippen LogP contribution in [0.5, 0.6) is 0 Å². The Morgan fingerprint density at radius 1 is 1.27 bits per heavy atom. The van der Waals surface area contributed by atoms with Crippen LogP contribution in [0.1, 0.15) is 43.2 Å². The highest BCUT2D eigenvalue weighted by Gasteiger charge is 2.41. The average molecular weight is 356 g/mol. The third-order valence-electron chi connectivity index (χ3n) is 5.71. The molecule has 3 aliphatic rings. The zero-order valence-corrected chi connectivity index (χ0v) is 15.4. The lowest BCUT2D eigenvalue weighted by atomic mass is 9.96. The molecule has 2 saturated heterocycles. The van der Waals surface area contributed by atoms with E-state index in [0.717, 1.165) is 44.9 Å². The Labute approximate surface area is 155 Å². The fourth-order valence-corrected chi connectivity index (χ4v) is 4.27. The van der Waals surface area contributed by atoms with Crippen molar-refractivity contribution in [1.82, 2.24) is 15.5 Å². The molecule has 2 N–H and O–H groups in total. The molecule has 0 radical (unpaired) electrons. The molecule has 0 aliphatic carbocycles. The van der Waals surface area contributed by atoms with E-state index in [1.165, 1.54) is 17.5 Å². The lowest BCUT2D eigenvalue weighted by molar-refractivity contribution is -0.131. The molecule has 26 heavy (non-hydrogen) atoms. The summed E-state index contributed by atoms with van der Waals surface area (Å²) in [7, 11) is 1.79. The number of fused-ring (bicyclic) bond motifs is 3. The molecule has 6 nitrogen and oxygen atoms in total. The molecule has 0 saturated carbocycles. The Balaban J connectivity index is 1.16. The van der Waals surface area contributed by atoms with Gasteiger partial charge in [0.25, 0.3) is 0 Å². The molecule has 4 rings (SSSR count). The van der Waals surface area contributed by atoms with Gasteiger partial charge in [-0.25, -0.2) is 0 Å². The van der Waals surface area contributed by atoms with E-state index in [2.05, 4.69) is 27.8 Å². The molecule has 2 fully saturated rings. The van der Waals surface area contributed by atoms with Crippen LogP contribution >= 0.6 is 0 Å². The summed E-state index contributed by atoms with van der Waals surface area (Å²) in [5.74, 6) is 1.04. The van der Waals surface area contributed by atoms with Crippen molar-refractivity contribution < 1.29 is 9.53 Å². The number of carbonyl (C=O) groups is 1. The summed E-state index contributed by atoms with van der Waals surface area (Å²) < 4.78 is 5.88. The van der Waals surface area contributed by atoms with Crippen molar-refractivity contribution in [2.45, 2.75) is 63.4 Å². The van der Waals surface area contributed by atoms with Gasteiger partial charge in [0, 0.05) is 33.1 Å². The number of guanidine groups is 1. The number of hydrogen-bond acceptors (Lipinski definition) is 3. The van der Waals surface area contributed by atoms with Gasteiger partial charge in [0.2, 0.25) is 5.91 Å². The summed E-state index contributed by atoms with van der Waals surface area (Å²) in [6.45, 7) is 2.24. The van der Waals surface area contributed by atoms with Gasteiger partial charge >= 0.3 is 0 Å². The fraction of sp³-hybridized carbons (Fsp3) is 0.600. The zero-order chi connectivity index (χ0) is 17.9. The number of ether oxygens (including phenoxy) is 1. The molecule has 6 heteroatoms. The maximum Gasteiger partial charge on any atom is 0.223 e. The van der Waals surface area contributed by atoms with E-state index >= 15 is 0 Å². The van der Waals surface area contributed by atoms with Crippen molar-refractivity contribution in [3.8, 4) is 0 Å². The first-order chi connectivity index (χ1) is 12.7. The third-order valence-corrected chi connectivity index (χ3v) is 5.71. The predicted molar refractivity (Wildman–Crippen MR) is 101 cm³/mol. The van der Waals surface area contributed by atoms with E-state index in [1.54, 1.807) is 7.05 Å². The molecular weight excluding hydrogens is 328 g/mol. The summed E-state index contributed by atoms with van der Waals surface area (Å²) in [6.07, 6.45) is 5.53. The van der Waals surface area contributed by atoms with E-state index in [0.29, 0.717) is 24.7 Å². The van der Waals surface area contributed by atoms with Gasteiger partial charge < -0.3 is 20.3 Å². The monoisotopic (exact) mass is 356 g/mol. The van der Waals surface area contributed by atoms with Gasteiger partial charge in [0.05, 0.1) is 18.2 Å². The maximum absolute atomic E-state index is 12.4. The second-order valence-electron chi connectivity index (χ2n) is 7.48. The fourth-order valence-electron chi connectivity index (χ4n) is 4.27. The van der Waals surface area contributed by atoms with Crippen molar-refractivity contribution in [2.24, 2.45) is 4.99 Å². The van der Waals surface area contributed by atoms with Crippen LogP contribution in [0, 0.1) is 0 Å². The van der Waals surface area contributed by atoms with E-state index < -0.39 is 0 Å². The molecule has 140 valence electrons. The highest BCUT2D eigenvalue weighted by atomic mass is 16.5.